The standard InChI is InChI=1S/C24H22N6O3/c1-16-12-20(33-28-16)24(32)30-11-10-29-15-19(23(31)26-14-17-6-5-9-25-13-17)27-22(29)21(30)18-7-3-2-4-8-18/h2-9,12-13,15,21H,10-11,14H2,1H3,(H,26,31). The molecule has 4 aromatic rings. The minimum Gasteiger partial charge on any atom is -0.351 e. The van der Waals surface area contributed by atoms with Crippen molar-refractivity contribution in [2.24, 2.45) is 0 Å². The van der Waals surface area contributed by atoms with Gasteiger partial charge in [0.25, 0.3) is 11.8 Å². The van der Waals surface area contributed by atoms with Crippen LogP contribution in [0.15, 0.2) is 71.6 Å². The molecule has 0 saturated heterocycles. The molecule has 2 amide bonds. The summed E-state index contributed by atoms with van der Waals surface area (Å²) >= 11 is 0. The van der Waals surface area contributed by atoms with Gasteiger partial charge in [0.2, 0.25) is 5.76 Å². The van der Waals surface area contributed by atoms with E-state index in [0.29, 0.717) is 36.8 Å². The van der Waals surface area contributed by atoms with E-state index in [-0.39, 0.29) is 17.6 Å². The molecule has 1 N–H and O–H groups in total. The number of amides is 2. The first-order valence-corrected chi connectivity index (χ1v) is 10.6. The molecule has 0 radical (unpaired) electrons. The lowest BCUT2D eigenvalue weighted by molar-refractivity contribution is 0.0616. The number of carbonyl (C=O) groups excluding carboxylic acids is 2. The monoisotopic (exact) mass is 442 g/mol. The summed E-state index contributed by atoms with van der Waals surface area (Å²) < 4.78 is 7.17. The lowest BCUT2D eigenvalue weighted by Gasteiger charge is -2.35. The SMILES string of the molecule is Cc1cc(C(=O)N2CCn3cc(C(=O)NCc4cccnc4)nc3C2c2ccccc2)on1. The van der Waals surface area contributed by atoms with Crippen molar-refractivity contribution < 1.29 is 14.1 Å². The van der Waals surface area contributed by atoms with Gasteiger partial charge in [-0.2, -0.15) is 0 Å². The molecular weight excluding hydrogens is 420 g/mol. The Balaban J connectivity index is 1.45. The van der Waals surface area contributed by atoms with Gasteiger partial charge in [-0.25, -0.2) is 4.98 Å². The number of hydrogen-bond donors (Lipinski definition) is 1. The van der Waals surface area contributed by atoms with E-state index < -0.39 is 6.04 Å². The second-order valence-corrected chi connectivity index (χ2v) is 7.87. The topological polar surface area (TPSA) is 106 Å². The lowest BCUT2D eigenvalue weighted by atomic mass is 10.0. The van der Waals surface area contributed by atoms with Crippen LogP contribution in [0, 0.1) is 6.92 Å². The van der Waals surface area contributed by atoms with Crippen LogP contribution >= 0.6 is 0 Å². The number of carbonyl (C=O) groups is 2. The molecule has 9 nitrogen and oxygen atoms in total. The van der Waals surface area contributed by atoms with Crippen molar-refractivity contribution in [2.75, 3.05) is 6.54 Å². The van der Waals surface area contributed by atoms with Gasteiger partial charge in [0.15, 0.2) is 0 Å². The number of pyridine rings is 1. The molecule has 0 spiro atoms. The fourth-order valence-corrected chi connectivity index (χ4v) is 3.99. The smallest absolute Gasteiger partial charge is 0.293 e. The second-order valence-electron chi connectivity index (χ2n) is 7.87. The third kappa shape index (κ3) is 4.12. The maximum absolute atomic E-state index is 13.3. The highest BCUT2D eigenvalue weighted by Crippen LogP contribution is 2.32. The first kappa shape index (κ1) is 20.6. The molecule has 4 heterocycles. The van der Waals surface area contributed by atoms with E-state index in [1.807, 2.05) is 47.0 Å². The summed E-state index contributed by atoms with van der Waals surface area (Å²) in [6, 6.07) is 14.5. The molecule has 5 rings (SSSR count). The Bertz CT molecular complexity index is 1280. The second kappa shape index (κ2) is 8.70. The van der Waals surface area contributed by atoms with Crippen LogP contribution in [-0.2, 0) is 13.1 Å². The average Bonchev–Trinajstić information content (AvgIpc) is 3.49. The predicted molar refractivity (Wildman–Crippen MR) is 118 cm³/mol. The van der Waals surface area contributed by atoms with Crippen LogP contribution in [0.3, 0.4) is 0 Å². The fourth-order valence-electron chi connectivity index (χ4n) is 3.99. The Morgan fingerprint density at radius 2 is 2.00 bits per heavy atom. The number of rotatable bonds is 5. The number of hydrogen-bond acceptors (Lipinski definition) is 6. The fraction of sp³-hybridized carbons (Fsp3) is 0.208. The van der Waals surface area contributed by atoms with E-state index >= 15 is 0 Å². The Morgan fingerprint density at radius 3 is 2.73 bits per heavy atom. The van der Waals surface area contributed by atoms with Crippen molar-refractivity contribution in [3.63, 3.8) is 0 Å². The van der Waals surface area contributed by atoms with Crippen LogP contribution in [0.5, 0.6) is 0 Å². The van der Waals surface area contributed by atoms with Gasteiger partial charge < -0.3 is 19.3 Å². The van der Waals surface area contributed by atoms with Gasteiger partial charge in [-0.3, -0.25) is 14.6 Å². The lowest BCUT2D eigenvalue weighted by Crippen LogP contribution is -2.42. The molecule has 0 saturated carbocycles. The van der Waals surface area contributed by atoms with E-state index in [2.05, 4.69) is 20.4 Å². The van der Waals surface area contributed by atoms with Gasteiger partial charge >= 0.3 is 0 Å². The molecule has 33 heavy (non-hydrogen) atoms. The maximum atomic E-state index is 13.3. The molecule has 0 bridgehead atoms. The van der Waals surface area contributed by atoms with Gasteiger partial charge in [0, 0.05) is 44.3 Å². The van der Waals surface area contributed by atoms with Crippen LogP contribution in [0.25, 0.3) is 0 Å². The highest BCUT2D eigenvalue weighted by molar-refractivity contribution is 5.93. The van der Waals surface area contributed by atoms with Crippen molar-refractivity contribution in [2.45, 2.75) is 26.1 Å². The third-order valence-corrected chi connectivity index (χ3v) is 5.57. The van der Waals surface area contributed by atoms with Gasteiger partial charge in [0.05, 0.1) is 5.69 Å². The Hall–Kier alpha value is -4.27. The van der Waals surface area contributed by atoms with Crippen LogP contribution in [-0.4, -0.2) is 43.0 Å². The van der Waals surface area contributed by atoms with Crippen molar-refractivity contribution in [3.8, 4) is 0 Å². The van der Waals surface area contributed by atoms with Gasteiger partial charge in [-0.15, -0.1) is 0 Å². The summed E-state index contributed by atoms with van der Waals surface area (Å²) in [5.41, 5.74) is 2.74. The Morgan fingerprint density at radius 1 is 1.15 bits per heavy atom. The van der Waals surface area contributed by atoms with Crippen LogP contribution < -0.4 is 5.32 Å². The first-order valence-electron chi connectivity index (χ1n) is 10.6. The summed E-state index contributed by atoms with van der Waals surface area (Å²) in [5, 5.41) is 6.73. The van der Waals surface area contributed by atoms with Crippen molar-refractivity contribution in [3.05, 3.63) is 101 Å². The molecule has 0 fully saturated rings. The van der Waals surface area contributed by atoms with Crippen molar-refractivity contribution in [1.82, 2.24) is 29.9 Å². The number of aryl methyl sites for hydroxylation is 1. The van der Waals surface area contributed by atoms with Crippen molar-refractivity contribution >= 4 is 11.8 Å². The van der Waals surface area contributed by atoms with E-state index in [1.165, 1.54) is 0 Å². The predicted octanol–water partition coefficient (Wildman–Crippen LogP) is 2.75. The minimum atomic E-state index is -0.460. The number of nitrogens with zero attached hydrogens (tertiary/aromatic N) is 5. The largest absolute Gasteiger partial charge is 0.351 e. The van der Waals surface area contributed by atoms with Gasteiger partial charge in [-0.1, -0.05) is 41.6 Å². The molecule has 1 unspecified atom stereocenters. The summed E-state index contributed by atoms with van der Waals surface area (Å²) in [6.45, 7) is 3.08. The number of fused-ring (bicyclic) bond motifs is 1. The van der Waals surface area contributed by atoms with E-state index in [0.717, 1.165) is 11.1 Å². The number of nitrogens with one attached hydrogen (secondary N) is 1. The molecule has 1 aromatic carbocycles. The summed E-state index contributed by atoms with van der Waals surface area (Å²) in [6.07, 6.45) is 5.13. The summed E-state index contributed by atoms with van der Waals surface area (Å²) in [5.74, 6) is 0.268. The zero-order valence-corrected chi connectivity index (χ0v) is 18.0. The number of benzene rings is 1. The molecule has 9 heteroatoms. The molecule has 0 aliphatic carbocycles. The molecule has 1 atom stereocenters. The van der Waals surface area contributed by atoms with Crippen LogP contribution in [0.1, 0.15) is 49.7 Å². The quantitative estimate of drug-likeness (QED) is 0.509. The van der Waals surface area contributed by atoms with Crippen LogP contribution in [0.2, 0.25) is 0 Å². The summed E-state index contributed by atoms with van der Waals surface area (Å²) in [7, 11) is 0. The van der Waals surface area contributed by atoms with Gasteiger partial charge in [-0.05, 0) is 24.1 Å². The average molecular weight is 442 g/mol. The van der Waals surface area contributed by atoms with E-state index in [4.69, 9.17) is 4.52 Å². The van der Waals surface area contributed by atoms with Crippen LogP contribution in [0.4, 0.5) is 0 Å². The highest BCUT2D eigenvalue weighted by atomic mass is 16.5. The number of aromatic nitrogens is 4. The van der Waals surface area contributed by atoms with E-state index in [9.17, 15) is 9.59 Å². The number of imidazole rings is 1. The Kier molecular flexibility index (Phi) is 5.43. The zero-order valence-electron chi connectivity index (χ0n) is 18.0. The molecule has 1 aliphatic rings. The normalized spacial score (nSPS) is 15.2. The third-order valence-electron chi connectivity index (χ3n) is 5.57. The Labute approximate surface area is 190 Å². The molecule has 166 valence electrons. The molecule has 3 aromatic heterocycles. The minimum absolute atomic E-state index is 0.183. The zero-order chi connectivity index (χ0) is 22.8. The van der Waals surface area contributed by atoms with E-state index in [1.54, 1.807) is 36.5 Å². The van der Waals surface area contributed by atoms with Crippen molar-refractivity contribution in [1.29, 1.82) is 0 Å². The van der Waals surface area contributed by atoms with Gasteiger partial charge in [0.1, 0.15) is 17.6 Å². The summed E-state index contributed by atoms with van der Waals surface area (Å²) in [4.78, 5) is 36.5. The highest BCUT2D eigenvalue weighted by Gasteiger charge is 2.36. The maximum Gasteiger partial charge on any atom is 0.293 e. The molecule has 1 aliphatic heterocycles. The first-order chi connectivity index (χ1) is 16.1. The molecular formula is C24H22N6O3.